The lowest BCUT2D eigenvalue weighted by Crippen LogP contribution is -2.30. The number of anilines is 1. The molecular formula is C12H14N2O4. The van der Waals surface area contributed by atoms with Gasteiger partial charge in [0.15, 0.2) is 0 Å². The summed E-state index contributed by atoms with van der Waals surface area (Å²) in [6, 6.07) is 4.82. The summed E-state index contributed by atoms with van der Waals surface area (Å²) in [6.07, 6.45) is 1.51. The number of aryl methyl sites for hydroxylation is 1. The van der Waals surface area contributed by atoms with E-state index in [1.165, 1.54) is 17.0 Å². The zero-order chi connectivity index (χ0) is 13.7. The Kier molecular flexibility index (Phi) is 4.42. The lowest BCUT2D eigenvalue weighted by Gasteiger charge is -2.21. The van der Waals surface area contributed by atoms with Crippen LogP contribution in [-0.2, 0) is 4.79 Å². The van der Waals surface area contributed by atoms with Crippen LogP contribution in [0.4, 0.5) is 11.4 Å². The number of benzene rings is 1. The third kappa shape index (κ3) is 3.07. The summed E-state index contributed by atoms with van der Waals surface area (Å²) in [5.41, 5.74) is 0.722. The van der Waals surface area contributed by atoms with Crippen molar-refractivity contribution in [3.63, 3.8) is 0 Å². The molecule has 1 aromatic carbocycles. The molecule has 6 heteroatoms. The molecule has 0 aliphatic heterocycles. The summed E-state index contributed by atoms with van der Waals surface area (Å²) in [6.45, 7) is 5.07. The van der Waals surface area contributed by atoms with Crippen molar-refractivity contribution in [2.45, 2.75) is 6.92 Å². The average Bonchev–Trinajstić information content (AvgIpc) is 2.27. The lowest BCUT2D eigenvalue weighted by molar-refractivity contribution is -0.384. The van der Waals surface area contributed by atoms with Crippen LogP contribution in [0.2, 0.25) is 0 Å². The SMILES string of the molecule is C=CCN(CC(=O)O)c1cccc(C)c1[N+](=O)[O-]. The number of carbonyl (C=O) groups is 1. The standard InChI is InChI=1S/C12H14N2O4/c1-3-7-13(8-11(15)16)10-6-4-5-9(2)12(10)14(17)18/h3-6H,1,7-8H2,2H3,(H,15,16). The van der Waals surface area contributed by atoms with Crippen LogP contribution in [0.25, 0.3) is 0 Å². The molecule has 0 aromatic heterocycles. The van der Waals surface area contributed by atoms with Gasteiger partial charge in [-0.05, 0) is 13.0 Å². The van der Waals surface area contributed by atoms with Gasteiger partial charge in [-0.15, -0.1) is 6.58 Å². The predicted molar refractivity (Wildman–Crippen MR) is 67.9 cm³/mol. The van der Waals surface area contributed by atoms with E-state index in [1.54, 1.807) is 19.1 Å². The topological polar surface area (TPSA) is 83.7 Å². The van der Waals surface area contributed by atoms with Crippen LogP contribution in [-0.4, -0.2) is 29.1 Å². The van der Waals surface area contributed by atoms with Gasteiger partial charge in [-0.2, -0.15) is 0 Å². The van der Waals surface area contributed by atoms with Crippen LogP contribution in [0.3, 0.4) is 0 Å². The average molecular weight is 250 g/mol. The highest BCUT2D eigenvalue weighted by Crippen LogP contribution is 2.31. The second kappa shape index (κ2) is 5.81. The monoisotopic (exact) mass is 250 g/mol. The van der Waals surface area contributed by atoms with Gasteiger partial charge in [-0.3, -0.25) is 14.9 Å². The molecule has 0 aliphatic rings. The van der Waals surface area contributed by atoms with Crippen molar-refractivity contribution in [2.24, 2.45) is 0 Å². The third-order valence-corrected chi connectivity index (χ3v) is 2.42. The fourth-order valence-corrected chi connectivity index (χ4v) is 1.70. The van der Waals surface area contributed by atoms with Gasteiger partial charge in [0, 0.05) is 12.1 Å². The van der Waals surface area contributed by atoms with E-state index in [2.05, 4.69) is 6.58 Å². The van der Waals surface area contributed by atoms with Crippen molar-refractivity contribution in [1.29, 1.82) is 0 Å². The quantitative estimate of drug-likeness (QED) is 0.474. The molecule has 1 rings (SSSR count). The van der Waals surface area contributed by atoms with E-state index in [4.69, 9.17) is 5.11 Å². The van der Waals surface area contributed by atoms with Gasteiger partial charge in [-0.25, -0.2) is 0 Å². The Bertz CT molecular complexity index is 485. The molecule has 0 saturated carbocycles. The van der Waals surface area contributed by atoms with Crippen molar-refractivity contribution < 1.29 is 14.8 Å². The van der Waals surface area contributed by atoms with Crippen LogP contribution in [0.1, 0.15) is 5.56 Å². The first-order chi connectivity index (χ1) is 8.47. The highest BCUT2D eigenvalue weighted by molar-refractivity contribution is 5.77. The molecule has 0 heterocycles. The van der Waals surface area contributed by atoms with E-state index in [1.807, 2.05) is 0 Å². The van der Waals surface area contributed by atoms with Gasteiger partial charge in [0.25, 0.3) is 5.69 Å². The zero-order valence-electron chi connectivity index (χ0n) is 10.00. The smallest absolute Gasteiger partial charge is 0.323 e. The molecule has 6 nitrogen and oxygen atoms in total. The highest BCUT2D eigenvalue weighted by Gasteiger charge is 2.22. The minimum atomic E-state index is -1.05. The van der Waals surface area contributed by atoms with Crippen molar-refractivity contribution in [1.82, 2.24) is 0 Å². The molecule has 1 N–H and O–H groups in total. The Morgan fingerprint density at radius 2 is 2.28 bits per heavy atom. The Morgan fingerprint density at radius 3 is 2.78 bits per heavy atom. The third-order valence-electron chi connectivity index (χ3n) is 2.42. The zero-order valence-corrected chi connectivity index (χ0v) is 10.00. The first-order valence-corrected chi connectivity index (χ1v) is 5.29. The minimum Gasteiger partial charge on any atom is -0.480 e. The molecule has 0 aliphatic carbocycles. The van der Waals surface area contributed by atoms with Gasteiger partial charge in [0.1, 0.15) is 12.2 Å². The maximum absolute atomic E-state index is 11.0. The van der Waals surface area contributed by atoms with Gasteiger partial charge < -0.3 is 10.0 Å². The number of para-hydroxylation sites is 1. The predicted octanol–water partition coefficient (Wildman–Crippen LogP) is 1.98. The molecule has 0 spiro atoms. The second-order valence-electron chi connectivity index (χ2n) is 3.76. The lowest BCUT2D eigenvalue weighted by atomic mass is 10.1. The number of aliphatic carboxylic acids is 1. The number of nitro groups is 1. The van der Waals surface area contributed by atoms with Crippen molar-refractivity contribution in [3.05, 3.63) is 46.5 Å². The van der Waals surface area contributed by atoms with Gasteiger partial charge >= 0.3 is 5.97 Å². The largest absolute Gasteiger partial charge is 0.480 e. The summed E-state index contributed by atoms with van der Waals surface area (Å²) in [5.74, 6) is -1.05. The van der Waals surface area contributed by atoms with Crippen LogP contribution >= 0.6 is 0 Å². The summed E-state index contributed by atoms with van der Waals surface area (Å²) in [5, 5.41) is 19.9. The number of carboxylic acid groups (broad SMARTS) is 1. The maximum atomic E-state index is 11.0. The van der Waals surface area contributed by atoms with E-state index >= 15 is 0 Å². The molecule has 96 valence electrons. The highest BCUT2D eigenvalue weighted by atomic mass is 16.6. The van der Waals surface area contributed by atoms with Gasteiger partial charge in [-0.1, -0.05) is 18.2 Å². The van der Waals surface area contributed by atoms with E-state index in [0.29, 0.717) is 11.3 Å². The van der Waals surface area contributed by atoms with Crippen LogP contribution < -0.4 is 4.90 Å². The number of carboxylic acids is 1. The molecule has 18 heavy (non-hydrogen) atoms. The molecule has 1 aromatic rings. The minimum absolute atomic E-state index is 0.0689. The molecular weight excluding hydrogens is 236 g/mol. The van der Waals surface area contributed by atoms with Crippen molar-refractivity contribution in [3.8, 4) is 0 Å². The maximum Gasteiger partial charge on any atom is 0.323 e. The molecule has 0 bridgehead atoms. The van der Waals surface area contributed by atoms with Crippen LogP contribution in [0.15, 0.2) is 30.9 Å². The molecule has 0 atom stereocenters. The summed E-state index contributed by atoms with van der Waals surface area (Å²) in [7, 11) is 0. The number of nitrogens with zero attached hydrogens (tertiary/aromatic N) is 2. The van der Waals surface area contributed by atoms with E-state index in [-0.39, 0.29) is 18.8 Å². The summed E-state index contributed by atoms with van der Waals surface area (Å²) >= 11 is 0. The fourth-order valence-electron chi connectivity index (χ4n) is 1.70. The Balaban J connectivity index is 3.26. The summed E-state index contributed by atoms with van der Waals surface area (Å²) < 4.78 is 0. The number of hydrogen-bond donors (Lipinski definition) is 1. The van der Waals surface area contributed by atoms with E-state index < -0.39 is 10.9 Å². The number of nitro benzene ring substituents is 1. The Hall–Kier alpha value is -2.37. The van der Waals surface area contributed by atoms with Crippen molar-refractivity contribution in [2.75, 3.05) is 18.0 Å². The summed E-state index contributed by atoms with van der Waals surface area (Å²) in [4.78, 5) is 22.7. The first kappa shape index (κ1) is 13.7. The Morgan fingerprint density at radius 1 is 1.61 bits per heavy atom. The van der Waals surface area contributed by atoms with Crippen LogP contribution in [0, 0.1) is 17.0 Å². The van der Waals surface area contributed by atoms with E-state index in [9.17, 15) is 14.9 Å². The fraction of sp³-hybridized carbons (Fsp3) is 0.250. The molecule has 0 unspecified atom stereocenters. The van der Waals surface area contributed by atoms with Gasteiger partial charge in [0.05, 0.1) is 4.92 Å². The van der Waals surface area contributed by atoms with E-state index in [0.717, 1.165) is 0 Å². The Labute approximate surface area is 104 Å². The second-order valence-corrected chi connectivity index (χ2v) is 3.76. The van der Waals surface area contributed by atoms with Crippen LogP contribution in [0.5, 0.6) is 0 Å². The molecule has 0 saturated heterocycles. The van der Waals surface area contributed by atoms with Crippen molar-refractivity contribution >= 4 is 17.3 Å². The number of rotatable bonds is 6. The van der Waals surface area contributed by atoms with Gasteiger partial charge in [0.2, 0.25) is 0 Å². The normalized spacial score (nSPS) is 9.83. The first-order valence-electron chi connectivity index (χ1n) is 5.29. The molecule has 0 fully saturated rings. The molecule has 0 amide bonds. The number of hydrogen-bond acceptors (Lipinski definition) is 4. The molecule has 0 radical (unpaired) electrons.